The molecule has 0 fully saturated rings. The van der Waals surface area contributed by atoms with Gasteiger partial charge in [-0.05, 0) is 100 Å². The number of nitrogens with one attached hydrogen (secondary N) is 2. The zero-order valence-electron chi connectivity index (χ0n) is 29.2. The molecule has 0 saturated heterocycles. The molecule has 0 aliphatic carbocycles. The second-order valence-electron chi connectivity index (χ2n) is 13.5. The lowest BCUT2D eigenvalue weighted by molar-refractivity contribution is -0.164. The Labute approximate surface area is 285 Å². The summed E-state index contributed by atoms with van der Waals surface area (Å²) in [5.74, 6) is -0.333. The van der Waals surface area contributed by atoms with Gasteiger partial charge in [-0.15, -0.1) is 0 Å². The minimum Gasteiger partial charge on any atom is -0.493 e. The summed E-state index contributed by atoms with van der Waals surface area (Å²) in [7, 11) is 4.73. The number of methoxy groups -OCH3 is 3. The fourth-order valence-corrected chi connectivity index (χ4v) is 6.33. The summed E-state index contributed by atoms with van der Waals surface area (Å²) in [6.07, 6.45) is 3.20. The second kappa shape index (κ2) is 17.2. The highest BCUT2D eigenvalue weighted by atomic mass is 16.6. The number of rotatable bonds is 10. The number of aliphatic hydroxyl groups excluding tert-OH is 1. The van der Waals surface area contributed by atoms with Gasteiger partial charge in [-0.1, -0.05) is 48.9 Å². The first-order valence-corrected chi connectivity index (χ1v) is 16.9. The van der Waals surface area contributed by atoms with Gasteiger partial charge in [0.2, 0.25) is 11.7 Å². The van der Waals surface area contributed by atoms with Gasteiger partial charge in [0, 0.05) is 12.2 Å². The molecule has 3 N–H and O–H groups in total. The first-order chi connectivity index (χ1) is 23.0. The van der Waals surface area contributed by atoms with Crippen molar-refractivity contribution >= 4 is 17.6 Å². The van der Waals surface area contributed by atoms with Gasteiger partial charge >= 0.3 is 5.97 Å². The summed E-state index contributed by atoms with van der Waals surface area (Å²) in [6.45, 7) is 6.28. The van der Waals surface area contributed by atoms with E-state index >= 15 is 0 Å². The SMILES string of the molecule is COc1cc(CCC[C@H]2C(=O)N[C@H](C(O)c3ccccc3)Cc3ccc(cc3)NCCCC[C@@H]2C(=O)OC(C)(C)C)cc(OC)c1OC. The molecule has 3 aromatic rings. The van der Waals surface area contributed by atoms with E-state index in [1.807, 2.05) is 87.5 Å². The molecule has 0 aromatic heterocycles. The molecule has 1 unspecified atom stereocenters. The van der Waals surface area contributed by atoms with Crippen LogP contribution < -0.4 is 24.8 Å². The van der Waals surface area contributed by atoms with Gasteiger partial charge in [-0.3, -0.25) is 9.59 Å². The number of fused-ring (bicyclic) bond motifs is 12. The van der Waals surface area contributed by atoms with Crippen LogP contribution in [0.3, 0.4) is 0 Å². The topological polar surface area (TPSA) is 115 Å². The average Bonchev–Trinajstić information content (AvgIpc) is 3.08. The number of ether oxygens (including phenoxy) is 4. The highest BCUT2D eigenvalue weighted by Crippen LogP contribution is 2.39. The van der Waals surface area contributed by atoms with Crippen molar-refractivity contribution in [2.45, 2.75) is 83.5 Å². The van der Waals surface area contributed by atoms with E-state index in [-0.39, 0.29) is 11.9 Å². The third kappa shape index (κ3) is 10.1. The molecule has 9 heteroatoms. The molecule has 0 spiro atoms. The molecule has 2 bridgehead atoms. The Balaban J connectivity index is 1.67. The zero-order chi connectivity index (χ0) is 34.7. The summed E-state index contributed by atoms with van der Waals surface area (Å²) in [5, 5.41) is 18.3. The van der Waals surface area contributed by atoms with Crippen molar-refractivity contribution in [3.8, 4) is 17.2 Å². The van der Waals surface area contributed by atoms with Crippen LogP contribution in [0.25, 0.3) is 0 Å². The summed E-state index contributed by atoms with van der Waals surface area (Å²) in [5.41, 5.74) is 2.96. The molecule has 2 aliphatic rings. The minimum absolute atomic E-state index is 0.264. The molecular formula is C39H52N2O7. The van der Waals surface area contributed by atoms with Gasteiger partial charge in [-0.2, -0.15) is 0 Å². The van der Waals surface area contributed by atoms with Crippen molar-refractivity contribution in [2.24, 2.45) is 11.8 Å². The summed E-state index contributed by atoms with van der Waals surface area (Å²) in [4.78, 5) is 28.3. The van der Waals surface area contributed by atoms with Crippen LogP contribution in [0.4, 0.5) is 5.69 Å². The van der Waals surface area contributed by atoms with E-state index in [1.54, 1.807) is 21.3 Å². The molecule has 2 heterocycles. The van der Waals surface area contributed by atoms with Crippen LogP contribution in [-0.2, 0) is 27.2 Å². The predicted molar refractivity (Wildman–Crippen MR) is 188 cm³/mol. The zero-order valence-corrected chi connectivity index (χ0v) is 29.2. The first kappa shape index (κ1) is 36.6. The van der Waals surface area contributed by atoms with Gasteiger partial charge in [0.05, 0.1) is 45.3 Å². The number of carbonyl (C=O) groups is 2. The first-order valence-electron chi connectivity index (χ1n) is 16.9. The monoisotopic (exact) mass is 660 g/mol. The number of aliphatic hydroxyl groups is 1. The van der Waals surface area contributed by atoms with E-state index in [4.69, 9.17) is 18.9 Å². The maximum atomic E-state index is 14.5. The fourth-order valence-electron chi connectivity index (χ4n) is 6.33. The van der Waals surface area contributed by atoms with E-state index in [1.165, 1.54) is 0 Å². The number of amides is 1. The Bertz CT molecular complexity index is 1440. The standard InChI is InChI=1S/C39H52N2O7/c1-39(2,3)48-38(44)31-16-10-11-22-40-29-20-18-26(19-21-29)23-32(35(42)28-14-8-7-9-15-28)41-37(43)30(31)17-12-13-27-24-33(45-4)36(47-6)34(25-27)46-5/h7-9,14-15,18-21,24-25,30-32,35,40,42H,10-13,16-17,22-23H2,1-6H3,(H,41,43)/t30-,31+,32+,35?/m1/s1. The van der Waals surface area contributed by atoms with E-state index in [2.05, 4.69) is 10.6 Å². The quantitative estimate of drug-likeness (QED) is 0.207. The minimum atomic E-state index is -0.955. The molecule has 48 heavy (non-hydrogen) atoms. The lowest BCUT2D eigenvalue weighted by Crippen LogP contribution is -2.47. The van der Waals surface area contributed by atoms with Gasteiger partial charge in [-0.25, -0.2) is 0 Å². The second-order valence-corrected chi connectivity index (χ2v) is 13.5. The van der Waals surface area contributed by atoms with Crippen molar-refractivity contribution in [3.05, 3.63) is 83.4 Å². The van der Waals surface area contributed by atoms with Crippen LogP contribution in [-0.4, -0.2) is 56.5 Å². The molecule has 9 nitrogen and oxygen atoms in total. The fraction of sp³-hybridized carbons (Fsp3) is 0.487. The molecule has 5 rings (SSSR count). The largest absolute Gasteiger partial charge is 0.493 e. The van der Waals surface area contributed by atoms with Gasteiger partial charge in [0.25, 0.3) is 0 Å². The van der Waals surface area contributed by atoms with Crippen molar-refractivity contribution in [3.63, 3.8) is 0 Å². The molecule has 1 amide bonds. The van der Waals surface area contributed by atoms with E-state index < -0.39 is 29.6 Å². The number of hydrogen-bond acceptors (Lipinski definition) is 8. The van der Waals surface area contributed by atoms with E-state index in [0.29, 0.717) is 54.9 Å². The summed E-state index contributed by atoms with van der Waals surface area (Å²) >= 11 is 0. The van der Waals surface area contributed by atoms with E-state index in [0.717, 1.165) is 36.2 Å². The predicted octanol–water partition coefficient (Wildman–Crippen LogP) is 6.67. The smallest absolute Gasteiger partial charge is 0.310 e. The molecule has 2 aliphatic heterocycles. The third-order valence-electron chi connectivity index (χ3n) is 8.77. The Kier molecular flexibility index (Phi) is 13.1. The number of aryl methyl sites for hydroxylation is 1. The number of esters is 1. The van der Waals surface area contributed by atoms with Crippen LogP contribution in [0.2, 0.25) is 0 Å². The van der Waals surface area contributed by atoms with Crippen LogP contribution in [0.15, 0.2) is 66.7 Å². The maximum absolute atomic E-state index is 14.5. The number of carbonyl (C=O) groups excluding carboxylic acids is 2. The average molecular weight is 661 g/mol. The van der Waals surface area contributed by atoms with Gasteiger partial charge < -0.3 is 34.7 Å². The van der Waals surface area contributed by atoms with Gasteiger partial charge in [0.1, 0.15) is 5.60 Å². The molecule has 4 atom stereocenters. The van der Waals surface area contributed by atoms with Crippen LogP contribution in [0, 0.1) is 11.8 Å². The maximum Gasteiger partial charge on any atom is 0.310 e. The Morgan fingerprint density at radius 2 is 1.60 bits per heavy atom. The summed E-state index contributed by atoms with van der Waals surface area (Å²) in [6, 6.07) is 20.7. The van der Waals surface area contributed by atoms with E-state index in [9.17, 15) is 14.7 Å². The van der Waals surface area contributed by atoms with Crippen molar-refractivity contribution < 1.29 is 33.6 Å². The normalized spacial score (nSPS) is 19.6. The number of benzene rings is 3. The lowest BCUT2D eigenvalue weighted by atomic mass is 9.82. The third-order valence-corrected chi connectivity index (χ3v) is 8.77. The van der Waals surface area contributed by atoms with Crippen molar-refractivity contribution in [1.29, 1.82) is 0 Å². The highest BCUT2D eigenvalue weighted by molar-refractivity contribution is 5.85. The van der Waals surface area contributed by atoms with Crippen LogP contribution in [0.1, 0.15) is 75.7 Å². The van der Waals surface area contributed by atoms with Crippen LogP contribution in [0.5, 0.6) is 17.2 Å². The highest BCUT2D eigenvalue weighted by Gasteiger charge is 2.37. The molecule has 260 valence electrons. The Morgan fingerprint density at radius 3 is 2.21 bits per heavy atom. The summed E-state index contributed by atoms with van der Waals surface area (Å²) < 4.78 is 22.5. The molecule has 3 aromatic carbocycles. The Hall–Kier alpha value is -4.24. The number of hydrogen-bond donors (Lipinski definition) is 3. The molecular weight excluding hydrogens is 608 g/mol. The Morgan fingerprint density at radius 1 is 0.938 bits per heavy atom. The molecule has 0 radical (unpaired) electrons. The number of anilines is 1. The van der Waals surface area contributed by atoms with Crippen LogP contribution >= 0.6 is 0 Å². The van der Waals surface area contributed by atoms with Crippen molar-refractivity contribution in [2.75, 3.05) is 33.2 Å². The van der Waals surface area contributed by atoms with Gasteiger partial charge in [0.15, 0.2) is 11.5 Å². The van der Waals surface area contributed by atoms with Crippen molar-refractivity contribution in [1.82, 2.24) is 5.32 Å². The molecule has 0 saturated carbocycles. The lowest BCUT2D eigenvalue weighted by Gasteiger charge is -2.31.